The normalized spacial score (nSPS) is 29.4. The van der Waals surface area contributed by atoms with Crippen LogP contribution in [0.25, 0.3) is 0 Å². The van der Waals surface area contributed by atoms with Gasteiger partial charge in [-0.3, -0.25) is 0 Å². The van der Waals surface area contributed by atoms with Gasteiger partial charge in [-0.15, -0.1) is 0 Å². The van der Waals surface area contributed by atoms with Crippen LogP contribution in [0.5, 0.6) is 0 Å². The summed E-state index contributed by atoms with van der Waals surface area (Å²) in [6.45, 7) is 5.18. The van der Waals surface area contributed by atoms with E-state index >= 15 is 0 Å². The number of thioether (sulfide) groups is 1. The zero-order chi connectivity index (χ0) is 9.57. The molecule has 0 aromatic rings. The molecule has 2 heteroatoms. The third kappa shape index (κ3) is 3.26. The lowest BCUT2D eigenvalue weighted by molar-refractivity contribution is 0.111. The summed E-state index contributed by atoms with van der Waals surface area (Å²) >= 11 is 2.08. The molecule has 0 bridgehead atoms. The van der Waals surface area contributed by atoms with Crippen molar-refractivity contribution >= 4 is 11.8 Å². The molecule has 13 heavy (non-hydrogen) atoms. The minimum atomic E-state index is 0.461. The maximum atomic E-state index is 5.52. The summed E-state index contributed by atoms with van der Waals surface area (Å²) in [5.41, 5.74) is 0.461. The first kappa shape index (κ1) is 11.0. The molecule has 1 saturated heterocycles. The van der Waals surface area contributed by atoms with Gasteiger partial charge in [-0.25, -0.2) is 0 Å². The number of ether oxygens (including phenoxy) is 1. The van der Waals surface area contributed by atoms with Gasteiger partial charge in [-0.1, -0.05) is 13.0 Å². The van der Waals surface area contributed by atoms with Crippen molar-refractivity contribution in [3.63, 3.8) is 0 Å². The Bertz CT molecular complexity index is 159. The molecule has 0 aromatic carbocycles. The number of hydrogen-bond donors (Lipinski definition) is 0. The van der Waals surface area contributed by atoms with Crippen molar-refractivity contribution in [1.82, 2.24) is 0 Å². The molecule has 1 aliphatic rings. The average Bonchev–Trinajstić information content (AvgIpc) is 2.20. The molecule has 1 rings (SSSR count). The highest BCUT2D eigenvalue weighted by Crippen LogP contribution is 2.37. The highest BCUT2D eigenvalue weighted by molar-refractivity contribution is 7.99. The van der Waals surface area contributed by atoms with E-state index in [-0.39, 0.29) is 0 Å². The van der Waals surface area contributed by atoms with E-state index < -0.39 is 0 Å². The van der Waals surface area contributed by atoms with Crippen LogP contribution in [0.4, 0.5) is 0 Å². The summed E-state index contributed by atoms with van der Waals surface area (Å²) in [6, 6.07) is 0. The smallest absolute Gasteiger partial charge is 0.0937 e. The molecule has 1 unspecified atom stereocenters. The van der Waals surface area contributed by atoms with Crippen molar-refractivity contribution in [2.24, 2.45) is 5.41 Å². The second-order valence-corrected chi connectivity index (χ2v) is 4.90. The molecule has 0 spiro atoms. The second kappa shape index (κ2) is 5.58. The Morgan fingerprint density at radius 2 is 2.38 bits per heavy atom. The zero-order valence-electron chi connectivity index (χ0n) is 8.71. The molecule has 1 atom stereocenters. The number of rotatable bonds is 4. The summed E-state index contributed by atoms with van der Waals surface area (Å²) in [5, 5.41) is 0. The molecule has 1 heterocycles. The van der Waals surface area contributed by atoms with Gasteiger partial charge in [-0.05, 0) is 31.9 Å². The van der Waals surface area contributed by atoms with E-state index in [9.17, 15) is 0 Å². The summed E-state index contributed by atoms with van der Waals surface area (Å²) in [7, 11) is 0. The quantitative estimate of drug-likeness (QED) is 0.643. The molecule has 0 saturated carbocycles. The van der Waals surface area contributed by atoms with Crippen LogP contribution < -0.4 is 0 Å². The molecule has 1 aliphatic heterocycles. The lowest BCUT2D eigenvalue weighted by atomic mass is 9.83. The first-order valence-corrected chi connectivity index (χ1v) is 6.29. The van der Waals surface area contributed by atoms with Crippen LogP contribution in [0.1, 0.15) is 33.1 Å². The standard InChI is InChI=1S/C11H20OS/c1-3-7-12-9-11(4-2)6-5-8-13-10-11/h3,7H,4-6,8-10H2,1-2H3/b7-3+. The van der Waals surface area contributed by atoms with Crippen LogP contribution in [0.3, 0.4) is 0 Å². The SMILES string of the molecule is C/C=C/OCC1(CC)CCCSC1. The Kier molecular flexibility index (Phi) is 4.71. The maximum Gasteiger partial charge on any atom is 0.0937 e. The van der Waals surface area contributed by atoms with Crippen LogP contribution in [0.2, 0.25) is 0 Å². The van der Waals surface area contributed by atoms with Crippen LogP contribution in [0.15, 0.2) is 12.3 Å². The van der Waals surface area contributed by atoms with Crippen LogP contribution in [0, 0.1) is 5.41 Å². The molecule has 1 fully saturated rings. The minimum absolute atomic E-state index is 0.461. The van der Waals surface area contributed by atoms with Crippen LogP contribution >= 0.6 is 11.8 Å². The van der Waals surface area contributed by atoms with Gasteiger partial charge in [0.05, 0.1) is 12.9 Å². The van der Waals surface area contributed by atoms with Crippen molar-refractivity contribution in [2.75, 3.05) is 18.1 Å². The highest BCUT2D eigenvalue weighted by Gasteiger charge is 2.30. The van der Waals surface area contributed by atoms with Gasteiger partial charge in [0.1, 0.15) is 0 Å². The fourth-order valence-corrected chi connectivity index (χ4v) is 3.08. The topological polar surface area (TPSA) is 9.23 Å². The first-order valence-electron chi connectivity index (χ1n) is 5.13. The Morgan fingerprint density at radius 1 is 1.54 bits per heavy atom. The van der Waals surface area contributed by atoms with Gasteiger partial charge in [-0.2, -0.15) is 11.8 Å². The predicted octanol–water partition coefficient (Wildman–Crippen LogP) is 3.46. The number of allylic oxidation sites excluding steroid dienone is 1. The molecule has 1 nitrogen and oxygen atoms in total. The van der Waals surface area contributed by atoms with E-state index in [1.165, 1.54) is 30.8 Å². The van der Waals surface area contributed by atoms with E-state index in [4.69, 9.17) is 4.74 Å². The van der Waals surface area contributed by atoms with Crippen molar-refractivity contribution in [1.29, 1.82) is 0 Å². The largest absolute Gasteiger partial charge is 0.501 e. The summed E-state index contributed by atoms with van der Waals surface area (Å²) in [6.07, 6.45) is 7.72. The first-order chi connectivity index (χ1) is 6.33. The monoisotopic (exact) mass is 200 g/mol. The van der Waals surface area contributed by atoms with E-state index in [0.717, 1.165) is 6.61 Å². The molecule has 0 amide bonds. The van der Waals surface area contributed by atoms with Crippen LogP contribution in [-0.4, -0.2) is 18.1 Å². The molecular formula is C11H20OS. The lowest BCUT2D eigenvalue weighted by Crippen LogP contribution is -2.31. The Morgan fingerprint density at radius 3 is 2.92 bits per heavy atom. The van der Waals surface area contributed by atoms with Gasteiger partial charge in [0.15, 0.2) is 0 Å². The van der Waals surface area contributed by atoms with Crippen LogP contribution in [-0.2, 0) is 4.74 Å². The molecule has 0 aromatic heterocycles. The van der Waals surface area contributed by atoms with Gasteiger partial charge >= 0.3 is 0 Å². The zero-order valence-corrected chi connectivity index (χ0v) is 9.53. The second-order valence-electron chi connectivity index (χ2n) is 3.79. The van der Waals surface area contributed by atoms with Gasteiger partial charge in [0, 0.05) is 11.2 Å². The minimum Gasteiger partial charge on any atom is -0.501 e. The summed E-state index contributed by atoms with van der Waals surface area (Å²) < 4.78 is 5.52. The molecule has 0 radical (unpaired) electrons. The predicted molar refractivity (Wildman–Crippen MR) is 60.0 cm³/mol. The van der Waals surface area contributed by atoms with E-state index in [1.54, 1.807) is 0 Å². The Labute approximate surface area is 85.9 Å². The lowest BCUT2D eigenvalue weighted by Gasteiger charge is -2.35. The molecular weight excluding hydrogens is 180 g/mol. The number of hydrogen-bond acceptors (Lipinski definition) is 2. The molecule has 0 aliphatic carbocycles. The summed E-state index contributed by atoms with van der Waals surface area (Å²) in [5.74, 6) is 2.62. The molecule has 76 valence electrons. The Hall–Kier alpha value is -0.110. The van der Waals surface area contributed by atoms with Crippen molar-refractivity contribution < 1.29 is 4.74 Å². The van der Waals surface area contributed by atoms with Crippen molar-refractivity contribution in [3.8, 4) is 0 Å². The van der Waals surface area contributed by atoms with Crippen molar-refractivity contribution in [3.05, 3.63) is 12.3 Å². The Balaban J connectivity index is 2.38. The summed E-state index contributed by atoms with van der Waals surface area (Å²) in [4.78, 5) is 0. The molecule has 0 N–H and O–H groups in total. The third-order valence-electron chi connectivity index (χ3n) is 2.78. The van der Waals surface area contributed by atoms with Gasteiger partial charge in [0.25, 0.3) is 0 Å². The maximum absolute atomic E-state index is 5.52. The van der Waals surface area contributed by atoms with E-state index in [1.807, 2.05) is 19.3 Å². The van der Waals surface area contributed by atoms with Crippen molar-refractivity contribution in [2.45, 2.75) is 33.1 Å². The average molecular weight is 200 g/mol. The van der Waals surface area contributed by atoms with Gasteiger partial charge < -0.3 is 4.74 Å². The third-order valence-corrected chi connectivity index (χ3v) is 4.17. The van der Waals surface area contributed by atoms with E-state index in [0.29, 0.717) is 5.41 Å². The fraction of sp³-hybridized carbons (Fsp3) is 0.818. The van der Waals surface area contributed by atoms with E-state index in [2.05, 4.69) is 18.7 Å². The van der Waals surface area contributed by atoms with Gasteiger partial charge in [0.2, 0.25) is 0 Å². The fourth-order valence-electron chi connectivity index (χ4n) is 1.73. The highest BCUT2D eigenvalue weighted by atomic mass is 32.2.